The zero-order chi connectivity index (χ0) is 10.7. The average Bonchev–Trinajstić information content (AvgIpc) is 3.02. The minimum Gasteiger partial charge on any atom is -0.314 e. The van der Waals surface area contributed by atoms with Crippen molar-refractivity contribution in [3.05, 3.63) is 35.4 Å². The largest absolute Gasteiger partial charge is 0.314 e. The zero-order valence-electron chi connectivity index (χ0n) is 9.79. The molecule has 1 heteroatoms. The van der Waals surface area contributed by atoms with Gasteiger partial charge in [-0.15, -0.1) is 0 Å². The molecule has 0 bridgehead atoms. The van der Waals surface area contributed by atoms with Crippen LogP contribution < -0.4 is 5.32 Å². The van der Waals surface area contributed by atoms with Crippen LogP contribution in [-0.4, -0.2) is 12.6 Å². The first-order valence-electron chi connectivity index (χ1n) is 6.03. The van der Waals surface area contributed by atoms with Gasteiger partial charge in [0.2, 0.25) is 0 Å². The van der Waals surface area contributed by atoms with Gasteiger partial charge in [-0.25, -0.2) is 0 Å². The van der Waals surface area contributed by atoms with E-state index in [0.717, 1.165) is 12.0 Å². The van der Waals surface area contributed by atoms with E-state index in [-0.39, 0.29) is 0 Å². The summed E-state index contributed by atoms with van der Waals surface area (Å²) < 4.78 is 0. The highest BCUT2D eigenvalue weighted by atomic mass is 14.9. The Labute approximate surface area is 92.9 Å². The molecule has 1 aromatic rings. The number of aryl methyl sites for hydroxylation is 1. The Balaban J connectivity index is 1.81. The van der Waals surface area contributed by atoms with Gasteiger partial charge < -0.3 is 5.32 Å². The van der Waals surface area contributed by atoms with Crippen molar-refractivity contribution < 1.29 is 0 Å². The summed E-state index contributed by atoms with van der Waals surface area (Å²) in [5.41, 5.74) is 2.93. The summed E-state index contributed by atoms with van der Waals surface area (Å²) in [6, 6.07) is 9.55. The standard InChI is InChI=1S/C14H21N/c1-11(10-15-14-7-8-14)9-13-6-4-3-5-12(13)2/h3-6,11,14-15H,7-10H2,1-2H3. The first kappa shape index (κ1) is 10.7. The van der Waals surface area contributed by atoms with E-state index in [1.807, 2.05) is 0 Å². The molecule has 1 unspecified atom stereocenters. The molecule has 2 rings (SSSR count). The highest BCUT2D eigenvalue weighted by Gasteiger charge is 2.20. The van der Waals surface area contributed by atoms with E-state index in [0.29, 0.717) is 0 Å². The molecule has 82 valence electrons. The number of nitrogens with one attached hydrogen (secondary N) is 1. The van der Waals surface area contributed by atoms with Crippen LogP contribution in [0.4, 0.5) is 0 Å². The van der Waals surface area contributed by atoms with Crippen LogP contribution in [0.5, 0.6) is 0 Å². The van der Waals surface area contributed by atoms with Gasteiger partial charge in [0.15, 0.2) is 0 Å². The molecule has 1 aromatic carbocycles. The van der Waals surface area contributed by atoms with E-state index in [9.17, 15) is 0 Å². The van der Waals surface area contributed by atoms with E-state index in [4.69, 9.17) is 0 Å². The molecule has 0 heterocycles. The fraction of sp³-hybridized carbons (Fsp3) is 0.571. The lowest BCUT2D eigenvalue weighted by Crippen LogP contribution is -2.24. The van der Waals surface area contributed by atoms with Crippen molar-refractivity contribution in [1.82, 2.24) is 5.32 Å². The lowest BCUT2D eigenvalue weighted by molar-refractivity contribution is 0.508. The SMILES string of the molecule is Cc1ccccc1CC(C)CNC1CC1. The summed E-state index contributed by atoms with van der Waals surface area (Å²) >= 11 is 0. The van der Waals surface area contributed by atoms with Crippen molar-refractivity contribution >= 4 is 0 Å². The van der Waals surface area contributed by atoms with Gasteiger partial charge in [0.05, 0.1) is 0 Å². The molecule has 1 aliphatic carbocycles. The fourth-order valence-corrected chi connectivity index (χ4v) is 1.94. The Morgan fingerprint density at radius 1 is 1.33 bits per heavy atom. The first-order chi connectivity index (χ1) is 7.25. The van der Waals surface area contributed by atoms with Crippen molar-refractivity contribution in [3.63, 3.8) is 0 Å². The van der Waals surface area contributed by atoms with Crippen molar-refractivity contribution in [3.8, 4) is 0 Å². The topological polar surface area (TPSA) is 12.0 Å². The van der Waals surface area contributed by atoms with Crippen LogP contribution in [0.25, 0.3) is 0 Å². The minimum atomic E-state index is 0.742. The van der Waals surface area contributed by atoms with Gasteiger partial charge in [-0.1, -0.05) is 31.2 Å². The van der Waals surface area contributed by atoms with Crippen LogP contribution in [0.3, 0.4) is 0 Å². The van der Waals surface area contributed by atoms with Gasteiger partial charge in [-0.05, 0) is 49.8 Å². The Morgan fingerprint density at radius 3 is 2.73 bits per heavy atom. The van der Waals surface area contributed by atoms with Crippen LogP contribution in [0.15, 0.2) is 24.3 Å². The molecule has 1 N–H and O–H groups in total. The summed E-state index contributed by atoms with van der Waals surface area (Å²) in [5.74, 6) is 0.742. The summed E-state index contributed by atoms with van der Waals surface area (Å²) in [5, 5.41) is 3.60. The molecule has 1 atom stereocenters. The van der Waals surface area contributed by atoms with Crippen molar-refractivity contribution in [2.24, 2.45) is 5.92 Å². The molecule has 0 aromatic heterocycles. The van der Waals surface area contributed by atoms with Crippen LogP contribution in [0.1, 0.15) is 30.9 Å². The molecule has 0 amide bonds. The quantitative estimate of drug-likeness (QED) is 0.776. The Bertz CT molecular complexity index is 315. The third-order valence-corrected chi connectivity index (χ3v) is 3.16. The second-order valence-corrected chi connectivity index (χ2v) is 4.92. The molecule has 0 aliphatic heterocycles. The van der Waals surface area contributed by atoms with Crippen LogP contribution >= 0.6 is 0 Å². The lowest BCUT2D eigenvalue weighted by Gasteiger charge is -2.13. The monoisotopic (exact) mass is 203 g/mol. The Morgan fingerprint density at radius 2 is 2.07 bits per heavy atom. The maximum Gasteiger partial charge on any atom is 0.00683 e. The number of hydrogen-bond acceptors (Lipinski definition) is 1. The van der Waals surface area contributed by atoms with Gasteiger partial charge >= 0.3 is 0 Å². The number of rotatable bonds is 5. The summed E-state index contributed by atoms with van der Waals surface area (Å²) in [4.78, 5) is 0. The first-order valence-corrected chi connectivity index (χ1v) is 6.03. The van der Waals surface area contributed by atoms with Crippen LogP contribution in [0, 0.1) is 12.8 Å². The van der Waals surface area contributed by atoms with E-state index in [2.05, 4.69) is 43.4 Å². The zero-order valence-corrected chi connectivity index (χ0v) is 9.79. The molecule has 1 nitrogen and oxygen atoms in total. The third-order valence-electron chi connectivity index (χ3n) is 3.16. The van der Waals surface area contributed by atoms with Crippen molar-refractivity contribution in [2.75, 3.05) is 6.54 Å². The van der Waals surface area contributed by atoms with E-state index < -0.39 is 0 Å². The second kappa shape index (κ2) is 4.80. The van der Waals surface area contributed by atoms with Crippen molar-refractivity contribution in [1.29, 1.82) is 0 Å². The Kier molecular flexibility index (Phi) is 3.42. The molecular formula is C14H21N. The number of hydrogen-bond donors (Lipinski definition) is 1. The highest BCUT2D eigenvalue weighted by Crippen LogP contribution is 2.19. The number of benzene rings is 1. The summed E-state index contributed by atoms with van der Waals surface area (Å²) in [6.07, 6.45) is 3.97. The van der Waals surface area contributed by atoms with Gasteiger partial charge in [0.25, 0.3) is 0 Å². The summed E-state index contributed by atoms with van der Waals surface area (Å²) in [7, 11) is 0. The van der Waals surface area contributed by atoms with Crippen molar-refractivity contribution in [2.45, 2.75) is 39.2 Å². The van der Waals surface area contributed by atoms with Gasteiger partial charge in [-0.3, -0.25) is 0 Å². The van der Waals surface area contributed by atoms with E-state index >= 15 is 0 Å². The highest BCUT2D eigenvalue weighted by molar-refractivity contribution is 5.25. The van der Waals surface area contributed by atoms with Gasteiger partial charge in [-0.2, -0.15) is 0 Å². The third kappa shape index (κ3) is 3.35. The maximum atomic E-state index is 3.60. The molecule has 0 radical (unpaired) electrons. The molecule has 15 heavy (non-hydrogen) atoms. The molecule has 1 fully saturated rings. The predicted octanol–water partition coefficient (Wildman–Crippen LogP) is 2.93. The second-order valence-electron chi connectivity index (χ2n) is 4.92. The smallest absolute Gasteiger partial charge is 0.00683 e. The van der Waals surface area contributed by atoms with Gasteiger partial charge in [0.1, 0.15) is 0 Å². The molecule has 1 saturated carbocycles. The molecule has 0 spiro atoms. The minimum absolute atomic E-state index is 0.742. The average molecular weight is 203 g/mol. The predicted molar refractivity (Wildman–Crippen MR) is 65.1 cm³/mol. The van der Waals surface area contributed by atoms with E-state index in [1.165, 1.54) is 36.9 Å². The van der Waals surface area contributed by atoms with Crippen LogP contribution in [-0.2, 0) is 6.42 Å². The lowest BCUT2D eigenvalue weighted by atomic mass is 9.97. The van der Waals surface area contributed by atoms with Crippen LogP contribution in [0.2, 0.25) is 0 Å². The maximum absolute atomic E-state index is 3.60. The normalized spacial score (nSPS) is 17.7. The Hall–Kier alpha value is -0.820. The summed E-state index contributed by atoms with van der Waals surface area (Å²) in [6.45, 7) is 5.71. The van der Waals surface area contributed by atoms with Gasteiger partial charge in [0, 0.05) is 6.04 Å². The van der Waals surface area contributed by atoms with E-state index in [1.54, 1.807) is 0 Å². The molecule has 0 saturated heterocycles. The fourth-order valence-electron chi connectivity index (χ4n) is 1.94. The molecular weight excluding hydrogens is 182 g/mol. The molecule has 1 aliphatic rings.